The van der Waals surface area contributed by atoms with Crippen molar-refractivity contribution in [3.63, 3.8) is 0 Å². The summed E-state index contributed by atoms with van der Waals surface area (Å²) in [6.07, 6.45) is 2.95. The molecule has 1 aliphatic heterocycles. The number of nitrogens with zero attached hydrogens (tertiary/aromatic N) is 1. The molecule has 1 atom stereocenters. The van der Waals surface area contributed by atoms with Crippen LogP contribution < -0.4 is 0 Å². The number of aromatic nitrogens is 1. The van der Waals surface area contributed by atoms with Crippen LogP contribution in [0.2, 0.25) is 0 Å². The topological polar surface area (TPSA) is 79.5 Å². The molecule has 6 heteroatoms. The van der Waals surface area contributed by atoms with Gasteiger partial charge in [0.2, 0.25) is 12.2 Å². The molecule has 1 aliphatic carbocycles. The van der Waals surface area contributed by atoms with Crippen molar-refractivity contribution in [2.45, 2.75) is 12.3 Å². The van der Waals surface area contributed by atoms with E-state index >= 15 is 0 Å². The number of fused-ring (bicyclic) bond motifs is 3. The predicted molar refractivity (Wildman–Crippen MR) is 64.7 cm³/mol. The maximum Gasteiger partial charge on any atom is 0.354 e. The number of methoxy groups -OCH3 is 1. The van der Waals surface area contributed by atoms with E-state index in [0.717, 1.165) is 18.4 Å². The second-order valence-electron chi connectivity index (χ2n) is 4.58. The zero-order chi connectivity index (χ0) is 13.6. The summed E-state index contributed by atoms with van der Waals surface area (Å²) in [5.41, 5.74) is 2.16. The van der Waals surface area contributed by atoms with Crippen molar-refractivity contribution in [1.29, 1.82) is 0 Å². The average molecular weight is 260 g/mol. The molecule has 0 spiro atoms. The van der Waals surface area contributed by atoms with Crippen LogP contribution in [0.5, 0.6) is 0 Å². The molecule has 98 valence electrons. The van der Waals surface area contributed by atoms with Crippen LogP contribution in [0.3, 0.4) is 0 Å². The lowest BCUT2D eigenvalue weighted by Gasteiger charge is -2.19. The summed E-state index contributed by atoms with van der Waals surface area (Å²) >= 11 is 0. The highest BCUT2D eigenvalue weighted by atomic mass is 16.5. The van der Waals surface area contributed by atoms with E-state index in [1.807, 2.05) is 0 Å². The fourth-order valence-electron chi connectivity index (χ4n) is 2.73. The van der Waals surface area contributed by atoms with Gasteiger partial charge in [-0.25, -0.2) is 4.79 Å². The van der Waals surface area contributed by atoms with Crippen LogP contribution in [0.1, 0.15) is 38.9 Å². The molecule has 1 aromatic rings. The van der Waals surface area contributed by atoms with Gasteiger partial charge in [-0.05, 0) is 18.1 Å². The molecule has 0 bridgehead atoms. The second-order valence-corrected chi connectivity index (χ2v) is 4.58. The van der Waals surface area contributed by atoms with Crippen molar-refractivity contribution in [1.82, 2.24) is 9.88 Å². The van der Waals surface area contributed by atoms with Crippen molar-refractivity contribution in [3.05, 3.63) is 34.8 Å². The van der Waals surface area contributed by atoms with Crippen molar-refractivity contribution in [2.75, 3.05) is 13.7 Å². The van der Waals surface area contributed by atoms with Gasteiger partial charge in [0.25, 0.3) is 0 Å². The Morgan fingerprint density at radius 1 is 1.58 bits per heavy atom. The minimum Gasteiger partial charge on any atom is -0.464 e. The highest BCUT2D eigenvalue weighted by molar-refractivity contribution is 6.07. The molecule has 3 rings (SSSR count). The molecule has 2 heterocycles. The quantitative estimate of drug-likeness (QED) is 0.631. The third-order valence-electron chi connectivity index (χ3n) is 3.63. The van der Waals surface area contributed by atoms with E-state index in [2.05, 4.69) is 9.72 Å². The van der Waals surface area contributed by atoms with E-state index in [-0.39, 0.29) is 17.4 Å². The van der Waals surface area contributed by atoms with Crippen LogP contribution in [0.4, 0.5) is 0 Å². The summed E-state index contributed by atoms with van der Waals surface area (Å²) in [7, 11) is 1.29. The summed E-state index contributed by atoms with van der Waals surface area (Å²) < 4.78 is 4.64. The SMILES string of the molecule is COC(=O)c1cc2c([nH]1)C(=O)C=C1C2CCN1C=O. The number of allylic oxidation sites excluding steroid dienone is 2. The Labute approximate surface area is 109 Å². The molecule has 2 aliphatic rings. The lowest BCUT2D eigenvalue weighted by atomic mass is 9.89. The van der Waals surface area contributed by atoms with Gasteiger partial charge in [-0.3, -0.25) is 9.59 Å². The third kappa shape index (κ3) is 1.60. The number of ether oxygens (including phenoxy) is 1. The first-order chi connectivity index (χ1) is 9.15. The number of carbonyl (C=O) groups excluding carboxylic acids is 3. The lowest BCUT2D eigenvalue weighted by molar-refractivity contribution is -0.115. The molecule has 19 heavy (non-hydrogen) atoms. The summed E-state index contributed by atoms with van der Waals surface area (Å²) in [5.74, 6) is -0.730. The first-order valence-corrected chi connectivity index (χ1v) is 5.94. The maximum absolute atomic E-state index is 12.0. The fourth-order valence-corrected chi connectivity index (χ4v) is 2.73. The summed E-state index contributed by atoms with van der Waals surface area (Å²) in [4.78, 5) is 38.8. The summed E-state index contributed by atoms with van der Waals surface area (Å²) in [6.45, 7) is 0.589. The molecule has 1 amide bonds. The van der Waals surface area contributed by atoms with Gasteiger partial charge in [-0.2, -0.15) is 0 Å². The lowest BCUT2D eigenvalue weighted by Crippen LogP contribution is -2.20. The first-order valence-electron chi connectivity index (χ1n) is 5.94. The zero-order valence-electron chi connectivity index (χ0n) is 10.3. The van der Waals surface area contributed by atoms with Crippen LogP contribution in [0.15, 0.2) is 17.8 Å². The normalized spacial score (nSPS) is 20.7. The molecule has 1 unspecified atom stereocenters. The monoisotopic (exact) mass is 260 g/mol. The van der Waals surface area contributed by atoms with E-state index in [1.165, 1.54) is 18.1 Å². The highest BCUT2D eigenvalue weighted by Gasteiger charge is 2.37. The van der Waals surface area contributed by atoms with Crippen molar-refractivity contribution >= 4 is 18.2 Å². The Hall–Kier alpha value is -2.37. The minimum atomic E-state index is -0.506. The number of hydrogen-bond acceptors (Lipinski definition) is 4. The maximum atomic E-state index is 12.0. The Kier molecular flexibility index (Phi) is 2.51. The Morgan fingerprint density at radius 3 is 3.05 bits per heavy atom. The zero-order valence-corrected chi connectivity index (χ0v) is 10.3. The number of aromatic amines is 1. The molecular formula is C13H12N2O4. The number of esters is 1. The first kappa shape index (κ1) is 11.7. The van der Waals surface area contributed by atoms with Gasteiger partial charge in [0.05, 0.1) is 12.8 Å². The van der Waals surface area contributed by atoms with E-state index in [1.54, 1.807) is 6.07 Å². The van der Waals surface area contributed by atoms with Gasteiger partial charge in [-0.15, -0.1) is 0 Å². The second kappa shape index (κ2) is 4.08. The molecule has 1 fully saturated rings. The average Bonchev–Trinajstić information content (AvgIpc) is 3.01. The van der Waals surface area contributed by atoms with E-state index < -0.39 is 5.97 Å². The van der Waals surface area contributed by atoms with Gasteiger partial charge < -0.3 is 14.6 Å². The standard InChI is InChI=1S/C13H12N2O4/c1-19-13(18)9-4-8-7-2-3-15(6-16)10(7)5-11(17)12(8)14-9/h4-7,14H,2-3H2,1H3. The molecule has 6 nitrogen and oxygen atoms in total. The third-order valence-corrected chi connectivity index (χ3v) is 3.63. The van der Waals surface area contributed by atoms with Gasteiger partial charge in [0.1, 0.15) is 5.69 Å². The van der Waals surface area contributed by atoms with Gasteiger partial charge in [0.15, 0.2) is 0 Å². The Balaban J connectivity index is 2.06. The molecule has 0 radical (unpaired) electrons. The molecule has 1 N–H and O–H groups in total. The number of rotatable bonds is 2. The molecule has 1 aromatic heterocycles. The molecule has 0 aromatic carbocycles. The Bertz CT molecular complexity index is 614. The van der Waals surface area contributed by atoms with Crippen LogP contribution in [-0.4, -0.2) is 41.7 Å². The van der Waals surface area contributed by atoms with Crippen molar-refractivity contribution in [3.8, 4) is 0 Å². The van der Waals surface area contributed by atoms with E-state index in [9.17, 15) is 14.4 Å². The van der Waals surface area contributed by atoms with Crippen LogP contribution >= 0.6 is 0 Å². The number of nitrogens with one attached hydrogen (secondary N) is 1. The van der Waals surface area contributed by atoms with Crippen molar-refractivity contribution in [2.24, 2.45) is 0 Å². The molecular weight excluding hydrogens is 248 g/mol. The Morgan fingerprint density at radius 2 is 2.37 bits per heavy atom. The van der Waals surface area contributed by atoms with Crippen LogP contribution in [-0.2, 0) is 9.53 Å². The van der Waals surface area contributed by atoms with Crippen LogP contribution in [0.25, 0.3) is 0 Å². The van der Waals surface area contributed by atoms with Crippen molar-refractivity contribution < 1.29 is 19.1 Å². The predicted octanol–water partition coefficient (Wildman–Crippen LogP) is 0.827. The van der Waals surface area contributed by atoms with E-state index in [0.29, 0.717) is 17.9 Å². The number of hydrogen-bond donors (Lipinski definition) is 1. The van der Waals surface area contributed by atoms with Gasteiger partial charge in [0, 0.05) is 24.2 Å². The van der Waals surface area contributed by atoms with Crippen LogP contribution in [0, 0.1) is 0 Å². The summed E-state index contributed by atoms with van der Waals surface area (Å²) in [5, 5.41) is 0. The molecule has 0 saturated carbocycles. The summed E-state index contributed by atoms with van der Waals surface area (Å²) in [6, 6.07) is 1.64. The van der Waals surface area contributed by atoms with E-state index in [4.69, 9.17) is 0 Å². The fraction of sp³-hybridized carbons (Fsp3) is 0.308. The molecule has 1 saturated heterocycles. The van der Waals surface area contributed by atoms with Gasteiger partial charge >= 0.3 is 5.97 Å². The minimum absolute atomic E-state index is 0.00689. The smallest absolute Gasteiger partial charge is 0.354 e. The number of carbonyl (C=O) groups is 3. The number of amides is 1. The largest absolute Gasteiger partial charge is 0.464 e. The highest BCUT2D eigenvalue weighted by Crippen LogP contribution is 2.41. The number of H-pyrrole nitrogens is 1. The number of ketones is 1. The number of likely N-dealkylation sites (tertiary alicyclic amines) is 1. The van der Waals surface area contributed by atoms with Gasteiger partial charge in [-0.1, -0.05) is 0 Å².